The van der Waals surface area contributed by atoms with E-state index in [1.54, 1.807) is 23.3 Å². The number of fused-ring (bicyclic) bond motifs is 1. The molecule has 2 heterocycles. The normalized spacial score (nSPS) is 13.6. The number of amides is 1. The van der Waals surface area contributed by atoms with Crippen molar-refractivity contribution >= 4 is 50.9 Å². The Morgan fingerprint density at radius 3 is 2.79 bits per heavy atom. The monoisotopic (exact) mass is 493 g/mol. The summed E-state index contributed by atoms with van der Waals surface area (Å²) in [6.07, 6.45) is 5.02. The molecule has 1 amide bonds. The lowest BCUT2D eigenvalue weighted by atomic mass is 10.1. The van der Waals surface area contributed by atoms with Gasteiger partial charge in [0.1, 0.15) is 4.88 Å². The third-order valence-electron chi connectivity index (χ3n) is 3.95. The van der Waals surface area contributed by atoms with Crippen molar-refractivity contribution in [2.24, 2.45) is 0 Å². The van der Waals surface area contributed by atoms with Crippen LogP contribution in [-0.4, -0.2) is 31.3 Å². The van der Waals surface area contributed by atoms with Crippen LogP contribution in [0.2, 0.25) is 0 Å². The van der Waals surface area contributed by atoms with Gasteiger partial charge in [-0.05, 0) is 41.1 Å². The first-order valence-electron chi connectivity index (χ1n) is 7.93. The lowest BCUT2D eigenvalue weighted by molar-refractivity contribution is 0.0595. The molecule has 0 spiro atoms. The molecule has 7 nitrogen and oxygen atoms in total. The number of hydrogen-bond donors (Lipinski definition) is 3. The van der Waals surface area contributed by atoms with Gasteiger partial charge in [0.25, 0.3) is 5.91 Å². The zero-order valence-corrected chi connectivity index (χ0v) is 17.6. The van der Waals surface area contributed by atoms with Gasteiger partial charge in [0, 0.05) is 45.1 Å². The number of hydrogen-bond acceptors (Lipinski definition) is 4. The summed E-state index contributed by atoms with van der Waals surface area (Å²) in [4.78, 5) is 33.6. The first kappa shape index (κ1) is 21.1. The number of rotatable bonds is 6. The van der Waals surface area contributed by atoms with E-state index in [2.05, 4.69) is 26.2 Å². The van der Waals surface area contributed by atoms with Gasteiger partial charge in [0.2, 0.25) is 0 Å². The van der Waals surface area contributed by atoms with E-state index in [0.29, 0.717) is 22.6 Å². The minimum absolute atomic E-state index is 0.137. The van der Waals surface area contributed by atoms with Gasteiger partial charge in [0.05, 0.1) is 6.33 Å². The molecule has 3 N–H and O–H groups in total. The van der Waals surface area contributed by atoms with Crippen LogP contribution in [0.1, 0.15) is 22.2 Å². The van der Waals surface area contributed by atoms with Gasteiger partial charge in [0.15, 0.2) is 0 Å². The highest BCUT2D eigenvalue weighted by Gasteiger charge is 2.53. The number of carbonyl (C=O) groups is 1. The Hall–Kier alpha value is -1.65. The second-order valence-electron chi connectivity index (χ2n) is 6.18. The minimum Gasteiger partial charge on any atom is -0.348 e. The number of nitrogens with zero attached hydrogens (tertiary/aromatic N) is 2. The standard InChI is InChI=1S/C16H15BrF2N3O4PS/c1-9(7-22-5-4-20-8-22)21-15(23)10-2-3-12-11(6-10)13(17)14(28-12)16(18,19)27(24,25)26/h2-6,8-9H,7H2,1H3,(H,21,23)(H2,24,25,26). The second-order valence-corrected chi connectivity index (χ2v) is 9.67. The Morgan fingerprint density at radius 2 is 2.18 bits per heavy atom. The van der Waals surface area contributed by atoms with E-state index < -0.39 is 24.0 Å². The van der Waals surface area contributed by atoms with Crippen molar-refractivity contribution in [2.45, 2.75) is 25.2 Å². The summed E-state index contributed by atoms with van der Waals surface area (Å²) in [5, 5.41) is 3.09. The molecule has 0 fully saturated rings. The van der Waals surface area contributed by atoms with Crippen molar-refractivity contribution in [3.8, 4) is 0 Å². The van der Waals surface area contributed by atoms with Gasteiger partial charge in [-0.15, -0.1) is 11.3 Å². The summed E-state index contributed by atoms with van der Waals surface area (Å²) >= 11 is 3.56. The van der Waals surface area contributed by atoms with Gasteiger partial charge in [-0.1, -0.05) is 0 Å². The van der Waals surface area contributed by atoms with Crippen LogP contribution in [0.4, 0.5) is 8.78 Å². The van der Waals surface area contributed by atoms with Crippen molar-refractivity contribution in [3.05, 3.63) is 51.8 Å². The molecule has 28 heavy (non-hydrogen) atoms. The third-order valence-corrected chi connectivity index (χ3v) is 7.38. The predicted molar refractivity (Wildman–Crippen MR) is 105 cm³/mol. The molecule has 1 aromatic carbocycles. The number of thiophene rings is 1. The molecule has 0 radical (unpaired) electrons. The van der Waals surface area contributed by atoms with E-state index in [0.717, 1.165) is 0 Å². The van der Waals surface area contributed by atoms with Gasteiger partial charge in [-0.25, -0.2) is 4.98 Å². The fourth-order valence-corrected chi connectivity index (χ4v) is 5.52. The van der Waals surface area contributed by atoms with E-state index >= 15 is 0 Å². The summed E-state index contributed by atoms with van der Waals surface area (Å²) in [6.45, 7) is 2.32. The topological polar surface area (TPSA) is 104 Å². The molecule has 0 bridgehead atoms. The molecule has 12 heteroatoms. The molecule has 2 aromatic heterocycles. The zero-order valence-electron chi connectivity index (χ0n) is 14.3. The molecule has 3 aromatic rings. The number of halogens is 3. The van der Waals surface area contributed by atoms with E-state index in [1.165, 1.54) is 18.2 Å². The Balaban J connectivity index is 1.87. The Labute approximate surface area is 170 Å². The van der Waals surface area contributed by atoms with E-state index in [-0.39, 0.29) is 21.5 Å². The van der Waals surface area contributed by atoms with Gasteiger partial charge >= 0.3 is 13.3 Å². The van der Waals surface area contributed by atoms with Gasteiger partial charge in [-0.2, -0.15) is 8.78 Å². The number of carbonyl (C=O) groups excluding carboxylic acids is 1. The Morgan fingerprint density at radius 1 is 1.46 bits per heavy atom. The summed E-state index contributed by atoms with van der Waals surface area (Å²) in [7, 11) is -5.69. The fraction of sp³-hybridized carbons (Fsp3) is 0.250. The van der Waals surface area contributed by atoms with Crippen LogP contribution < -0.4 is 5.32 Å². The van der Waals surface area contributed by atoms with E-state index in [1.807, 2.05) is 6.92 Å². The number of benzene rings is 1. The number of aromatic nitrogens is 2. The molecule has 0 aliphatic rings. The molecule has 1 atom stereocenters. The molecule has 0 aliphatic carbocycles. The van der Waals surface area contributed by atoms with Crippen LogP contribution in [0.15, 0.2) is 41.4 Å². The Kier molecular flexibility index (Phi) is 5.75. The lowest BCUT2D eigenvalue weighted by Crippen LogP contribution is -2.35. The van der Waals surface area contributed by atoms with Crippen molar-refractivity contribution in [1.29, 1.82) is 0 Å². The van der Waals surface area contributed by atoms with Crippen LogP contribution in [0, 0.1) is 0 Å². The number of nitrogens with one attached hydrogen (secondary N) is 1. The molecule has 0 saturated carbocycles. The van der Waals surface area contributed by atoms with Crippen LogP contribution in [0.5, 0.6) is 0 Å². The largest absolute Gasteiger partial charge is 0.400 e. The predicted octanol–water partition coefficient (Wildman–Crippen LogP) is 3.91. The van der Waals surface area contributed by atoms with Gasteiger partial charge in [-0.3, -0.25) is 9.36 Å². The summed E-state index contributed by atoms with van der Waals surface area (Å²) < 4.78 is 41.4. The molecule has 3 rings (SSSR count). The lowest BCUT2D eigenvalue weighted by Gasteiger charge is -2.16. The maximum Gasteiger partial charge on any atom is 0.400 e. The highest BCUT2D eigenvalue weighted by Crippen LogP contribution is 2.62. The highest BCUT2D eigenvalue weighted by atomic mass is 79.9. The smallest absolute Gasteiger partial charge is 0.348 e. The average Bonchev–Trinajstić information content (AvgIpc) is 3.21. The fourth-order valence-electron chi connectivity index (χ4n) is 2.60. The van der Waals surface area contributed by atoms with Crippen molar-refractivity contribution in [2.75, 3.05) is 0 Å². The highest BCUT2D eigenvalue weighted by molar-refractivity contribution is 9.10. The number of alkyl halides is 2. The van der Waals surface area contributed by atoms with E-state index in [9.17, 15) is 18.1 Å². The maximum atomic E-state index is 14.1. The van der Waals surface area contributed by atoms with Gasteiger partial charge < -0.3 is 19.7 Å². The third kappa shape index (κ3) is 4.04. The molecule has 1 unspecified atom stereocenters. The van der Waals surface area contributed by atoms with Crippen molar-refractivity contribution in [3.63, 3.8) is 0 Å². The molecular weight excluding hydrogens is 479 g/mol. The molecule has 0 aliphatic heterocycles. The molecule has 0 saturated heterocycles. The minimum atomic E-state index is -5.69. The van der Waals surface area contributed by atoms with Crippen LogP contribution in [-0.2, 0) is 16.8 Å². The molecular formula is C16H15BrF2N3O4PS. The average molecular weight is 494 g/mol. The first-order valence-corrected chi connectivity index (χ1v) is 11.2. The summed E-state index contributed by atoms with van der Waals surface area (Å²) in [5.41, 5.74) is -4.08. The quantitative estimate of drug-likeness (QED) is 0.451. The SMILES string of the molecule is CC(Cn1ccnc1)NC(=O)c1ccc2sc(C(F)(F)P(=O)(O)O)c(Br)c2c1. The number of imidazole rings is 1. The summed E-state index contributed by atoms with van der Waals surface area (Å²) in [6, 6.07) is 4.15. The first-order chi connectivity index (χ1) is 13.0. The summed E-state index contributed by atoms with van der Waals surface area (Å²) in [5.74, 6) is -0.393. The van der Waals surface area contributed by atoms with Crippen LogP contribution in [0.3, 0.4) is 0 Å². The second kappa shape index (κ2) is 7.64. The maximum absolute atomic E-state index is 14.1. The molecule has 150 valence electrons. The van der Waals surface area contributed by atoms with Crippen molar-refractivity contribution < 1.29 is 27.9 Å². The zero-order chi connectivity index (χ0) is 20.7. The van der Waals surface area contributed by atoms with Crippen LogP contribution >= 0.6 is 34.9 Å². The van der Waals surface area contributed by atoms with Crippen LogP contribution in [0.25, 0.3) is 10.1 Å². The van der Waals surface area contributed by atoms with Crippen molar-refractivity contribution in [1.82, 2.24) is 14.9 Å². The van der Waals surface area contributed by atoms with E-state index in [4.69, 9.17) is 9.79 Å². The Bertz CT molecular complexity index is 1070.